The Hall–Kier alpha value is -0.160. The molecule has 0 radical (unpaired) electrons. The first-order chi connectivity index (χ1) is 6.24. The lowest BCUT2D eigenvalue weighted by atomic mass is 10.0. The molecule has 4 heteroatoms. The summed E-state index contributed by atoms with van der Waals surface area (Å²) in [6.45, 7) is 2.08. The van der Waals surface area contributed by atoms with Gasteiger partial charge in [-0.15, -0.1) is 0 Å². The van der Waals surface area contributed by atoms with Crippen molar-refractivity contribution in [2.24, 2.45) is 0 Å². The zero-order valence-electron chi connectivity index (χ0n) is 8.23. The van der Waals surface area contributed by atoms with Crippen molar-refractivity contribution in [3.63, 3.8) is 0 Å². The van der Waals surface area contributed by atoms with Crippen molar-refractivity contribution < 1.29 is 14.9 Å². The van der Waals surface area contributed by atoms with Crippen molar-refractivity contribution in [2.75, 3.05) is 13.7 Å². The quantitative estimate of drug-likeness (QED) is 0.557. The van der Waals surface area contributed by atoms with Crippen molar-refractivity contribution >= 4 is 0 Å². The Morgan fingerprint density at radius 1 is 1.38 bits per heavy atom. The van der Waals surface area contributed by atoms with Gasteiger partial charge in [-0.2, -0.15) is 0 Å². The second-order valence-corrected chi connectivity index (χ2v) is 3.54. The molecule has 0 aliphatic carbocycles. The molecule has 0 aromatic carbocycles. The highest BCUT2D eigenvalue weighted by atomic mass is 16.5. The molecule has 0 saturated carbocycles. The van der Waals surface area contributed by atoms with Crippen LogP contribution in [-0.2, 0) is 4.74 Å². The van der Waals surface area contributed by atoms with E-state index in [4.69, 9.17) is 9.84 Å². The van der Waals surface area contributed by atoms with Crippen LogP contribution < -0.4 is 5.32 Å². The SMILES string of the molecule is CCCC1NC(CO)C(OC)C1O. The van der Waals surface area contributed by atoms with Gasteiger partial charge in [0.05, 0.1) is 18.8 Å². The van der Waals surface area contributed by atoms with Gasteiger partial charge in [0.2, 0.25) is 0 Å². The van der Waals surface area contributed by atoms with E-state index < -0.39 is 6.10 Å². The van der Waals surface area contributed by atoms with E-state index in [0.29, 0.717) is 0 Å². The zero-order chi connectivity index (χ0) is 9.84. The fraction of sp³-hybridized carbons (Fsp3) is 1.00. The summed E-state index contributed by atoms with van der Waals surface area (Å²) in [5.74, 6) is 0. The third kappa shape index (κ3) is 2.20. The van der Waals surface area contributed by atoms with Crippen molar-refractivity contribution in [1.82, 2.24) is 5.32 Å². The molecular formula is C9H19NO3. The van der Waals surface area contributed by atoms with Crippen LogP contribution in [0.1, 0.15) is 19.8 Å². The molecule has 3 N–H and O–H groups in total. The van der Waals surface area contributed by atoms with Gasteiger partial charge < -0.3 is 20.3 Å². The number of ether oxygens (including phenoxy) is 1. The highest BCUT2D eigenvalue weighted by Crippen LogP contribution is 2.20. The highest BCUT2D eigenvalue weighted by Gasteiger charge is 2.41. The van der Waals surface area contributed by atoms with Crippen LogP contribution >= 0.6 is 0 Å². The summed E-state index contributed by atoms with van der Waals surface area (Å²) in [5.41, 5.74) is 0. The molecule has 1 rings (SSSR count). The van der Waals surface area contributed by atoms with E-state index in [1.807, 2.05) is 0 Å². The molecule has 1 saturated heterocycles. The summed E-state index contributed by atoms with van der Waals surface area (Å²) in [6.07, 6.45) is 1.16. The maximum Gasteiger partial charge on any atom is 0.102 e. The minimum atomic E-state index is -0.498. The topological polar surface area (TPSA) is 61.7 Å². The van der Waals surface area contributed by atoms with E-state index >= 15 is 0 Å². The number of hydrogen-bond acceptors (Lipinski definition) is 4. The predicted molar refractivity (Wildman–Crippen MR) is 49.5 cm³/mol. The Balaban J connectivity index is 2.54. The molecule has 1 fully saturated rings. The molecule has 0 aromatic heterocycles. The van der Waals surface area contributed by atoms with Crippen LogP contribution in [0.5, 0.6) is 0 Å². The Morgan fingerprint density at radius 2 is 2.08 bits per heavy atom. The molecule has 4 nitrogen and oxygen atoms in total. The number of nitrogens with one attached hydrogen (secondary N) is 1. The number of hydrogen-bond donors (Lipinski definition) is 3. The van der Waals surface area contributed by atoms with Crippen molar-refractivity contribution in [3.8, 4) is 0 Å². The van der Waals surface area contributed by atoms with E-state index in [9.17, 15) is 5.11 Å². The van der Waals surface area contributed by atoms with Crippen LogP contribution in [0.2, 0.25) is 0 Å². The van der Waals surface area contributed by atoms with Crippen molar-refractivity contribution in [2.45, 2.75) is 44.1 Å². The minimum Gasteiger partial charge on any atom is -0.395 e. The summed E-state index contributed by atoms with van der Waals surface area (Å²) in [4.78, 5) is 0. The fourth-order valence-corrected chi connectivity index (χ4v) is 1.96. The first kappa shape index (κ1) is 10.9. The van der Waals surface area contributed by atoms with Crippen LogP contribution in [0.4, 0.5) is 0 Å². The summed E-state index contributed by atoms with van der Waals surface area (Å²) in [5, 5.41) is 22.0. The van der Waals surface area contributed by atoms with Gasteiger partial charge in [-0.3, -0.25) is 0 Å². The Morgan fingerprint density at radius 3 is 2.46 bits per heavy atom. The van der Waals surface area contributed by atoms with E-state index in [1.165, 1.54) is 0 Å². The summed E-state index contributed by atoms with van der Waals surface area (Å²) < 4.78 is 5.13. The summed E-state index contributed by atoms with van der Waals surface area (Å²) in [6, 6.07) is -0.0661. The predicted octanol–water partition coefficient (Wildman–Crippen LogP) is -0.505. The molecular weight excluding hydrogens is 170 g/mol. The third-order valence-electron chi connectivity index (χ3n) is 2.64. The standard InChI is InChI=1S/C9H19NO3/c1-3-4-6-8(12)9(13-2)7(5-11)10-6/h6-12H,3-5H2,1-2H3. The lowest BCUT2D eigenvalue weighted by Crippen LogP contribution is -2.37. The van der Waals surface area contributed by atoms with Crippen LogP contribution in [0.15, 0.2) is 0 Å². The monoisotopic (exact) mass is 189 g/mol. The first-order valence-electron chi connectivity index (χ1n) is 4.82. The largest absolute Gasteiger partial charge is 0.395 e. The van der Waals surface area contributed by atoms with Gasteiger partial charge in [0, 0.05) is 13.2 Å². The molecule has 1 aliphatic rings. The smallest absolute Gasteiger partial charge is 0.102 e. The molecule has 4 atom stereocenters. The third-order valence-corrected chi connectivity index (χ3v) is 2.64. The van der Waals surface area contributed by atoms with Gasteiger partial charge in [-0.1, -0.05) is 13.3 Å². The molecule has 0 spiro atoms. The van der Waals surface area contributed by atoms with Gasteiger partial charge in [0.1, 0.15) is 6.10 Å². The van der Waals surface area contributed by atoms with Crippen molar-refractivity contribution in [3.05, 3.63) is 0 Å². The average Bonchev–Trinajstić information content (AvgIpc) is 2.44. The lowest BCUT2D eigenvalue weighted by Gasteiger charge is -2.18. The van der Waals surface area contributed by atoms with Crippen LogP contribution in [0.25, 0.3) is 0 Å². The molecule has 4 unspecified atom stereocenters. The van der Waals surface area contributed by atoms with Gasteiger partial charge in [0.25, 0.3) is 0 Å². The van der Waals surface area contributed by atoms with E-state index in [1.54, 1.807) is 7.11 Å². The number of aliphatic hydroxyl groups excluding tert-OH is 2. The van der Waals surface area contributed by atoms with Gasteiger partial charge in [-0.25, -0.2) is 0 Å². The second-order valence-electron chi connectivity index (χ2n) is 3.54. The molecule has 1 aliphatic heterocycles. The Kier molecular flexibility index (Phi) is 4.12. The van der Waals surface area contributed by atoms with Crippen LogP contribution in [0, 0.1) is 0 Å². The van der Waals surface area contributed by atoms with Gasteiger partial charge in [-0.05, 0) is 6.42 Å². The highest BCUT2D eigenvalue weighted by molar-refractivity contribution is 4.98. The maximum atomic E-state index is 9.78. The van der Waals surface area contributed by atoms with E-state index in [2.05, 4.69) is 12.2 Å². The van der Waals surface area contributed by atoms with Crippen LogP contribution in [0.3, 0.4) is 0 Å². The minimum absolute atomic E-state index is 0.00970. The lowest BCUT2D eigenvalue weighted by molar-refractivity contribution is -0.0118. The first-order valence-corrected chi connectivity index (χ1v) is 4.82. The van der Waals surface area contributed by atoms with Gasteiger partial charge >= 0.3 is 0 Å². The number of aliphatic hydroxyl groups is 2. The summed E-state index contributed by atoms with van der Waals surface area (Å²) >= 11 is 0. The molecule has 0 aromatic rings. The number of methoxy groups -OCH3 is 1. The molecule has 78 valence electrons. The molecule has 1 heterocycles. The van der Waals surface area contributed by atoms with Crippen molar-refractivity contribution in [1.29, 1.82) is 0 Å². The Bertz CT molecular complexity index is 154. The maximum absolute atomic E-state index is 9.78. The Labute approximate surface area is 78.9 Å². The summed E-state index contributed by atoms with van der Waals surface area (Å²) in [7, 11) is 1.56. The fourth-order valence-electron chi connectivity index (χ4n) is 1.96. The van der Waals surface area contributed by atoms with E-state index in [0.717, 1.165) is 12.8 Å². The molecule has 13 heavy (non-hydrogen) atoms. The number of rotatable bonds is 4. The van der Waals surface area contributed by atoms with Crippen LogP contribution in [-0.4, -0.2) is 48.2 Å². The van der Waals surface area contributed by atoms with E-state index in [-0.39, 0.29) is 24.8 Å². The average molecular weight is 189 g/mol. The zero-order valence-corrected chi connectivity index (χ0v) is 8.23. The normalized spacial score (nSPS) is 39.7. The second kappa shape index (κ2) is 4.91. The van der Waals surface area contributed by atoms with Gasteiger partial charge in [0.15, 0.2) is 0 Å². The molecule has 0 amide bonds. The molecule has 0 bridgehead atoms.